The summed E-state index contributed by atoms with van der Waals surface area (Å²) < 4.78 is 4.63. The second-order valence-electron chi connectivity index (χ2n) is 5.91. The summed E-state index contributed by atoms with van der Waals surface area (Å²) in [7, 11) is 1.31. The first-order valence-corrected chi connectivity index (χ1v) is 7.95. The highest BCUT2D eigenvalue weighted by atomic mass is 16.5. The van der Waals surface area contributed by atoms with Gasteiger partial charge in [0.1, 0.15) is 6.04 Å². The normalized spacial score (nSPS) is 11.7. The fourth-order valence-electron chi connectivity index (χ4n) is 2.86. The van der Waals surface area contributed by atoms with Gasteiger partial charge in [-0.25, -0.2) is 4.79 Å². The van der Waals surface area contributed by atoms with Crippen molar-refractivity contribution in [2.24, 2.45) is 0 Å². The van der Waals surface area contributed by atoms with Gasteiger partial charge in [-0.2, -0.15) is 0 Å². The molecule has 0 aliphatic carbocycles. The number of esters is 1. The molecule has 0 saturated carbocycles. The van der Waals surface area contributed by atoms with Crippen LogP contribution in [0, 0.1) is 13.8 Å². The first-order valence-electron chi connectivity index (χ1n) is 7.95. The van der Waals surface area contributed by atoms with E-state index >= 15 is 0 Å². The molecule has 0 aliphatic heterocycles. The van der Waals surface area contributed by atoms with E-state index in [-0.39, 0.29) is 12.3 Å². The van der Waals surface area contributed by atoms with Crippen LogP contribution in [0.25, 0.3) is 11.1 Å². The molecule has 0 fully saturated rings. The van der Waals surface area contributed by atoms with Crippen molar-refractivity contribution in [2.45, 2.75) is 33.2 Å². The number of rotatable bonds is 5. The third-order valence-electron chi connectivity index (χ3n) is 4.05. The molecule has 1 atom stereocenters. The van der Waals surface area contributed by atoms with Gasteiger partial charge in [-0.1, -0.05) is 42.5 Å². The number of carbonyl (C=O) groups is 2. The molecule has 4 nitrogen and oxygen atoms in total. The number of hydrogen-bond acceptors (Lipinski definition) is 3. The van der Waals surface area contributed by atoms with Crippen molar-refractivity contribution in [1.82, 2.24) is 5.32 Å². The molecule has 24 heavy (non-hydrogen) atoms. The highest BCUT2D eigenvalue weighted by Crippen LogP contribution is 2.30. The van der Waals surface area contributed by atoms with Gasteiger partial charge in [0.25, 0.3) is 0 Å². The molecule has 1 N–H and O–H groups in total. The molecule has 2 aromatic carbocycles. The van der Waals surface area contributed by atoms with Crippen molar-refractivity contribution in [3.8, 4) is 11.1 Å². The Morgan fingerprint density at radius 2 is 1.67 bits per heavy atom. The zero-order valence-electron chi connectivity index (χ0n) is 14.6. The molecule has 126 valence electrons. The summed E-state index contributed by atoms with van der Waals surface area (Å²) in [5, 5.41) is 2.67. The molecule has 0 saturated heterocycles. The molecule has 1 amide bonds. The molecule has 0 radical (unpaired) electrons. The molecular weight excluding hydrogens is 302 g/mol. The van der Waals surface area contributed by atoms with E-state index in [1.165, 1.54) is 18.2 Å². The van der Waals surface area contributed by atoms with Gasteiger partial charge in [-0.3, -0.25) is 4.79 Å². The zero-order chi connectivity index (χ0) is 17.7. The number of ether oxygens (including phenoxy) is 1. The Hall–Kier alpha value is -2.62. The van der Waals surface area contributed by atoms with E-state index in [9.17, 15) is 9.59 Å². The van der Waals surface area contributed by atoms with Crippen LogP contribution in [0.2, 0.25) is 0 Å². The fourth-order valence-corrected chi connectivity index (χ4v) is 2.86. The molecule has 2 rings (SSSR count). The molecule has 0 bridgehead atoms. The molecule has 1 unspecified atom stereocenters. The molecule has 2 aromatic rings. The summed E-state index contributed by atoms with van der Waals surface area (Å²) in [6.07, 6.45) is 0.214. The monoisotopic (exact) mass is 325 g/mol. The maximum Gasteiger partial charge on any atom is 0.328 e. The van der Waals surface area contributed by atoms with Crippen molar-refractivity contribution < 1.29 is 14.3 Å². The van der Waals surface area contributed by atoms with Crippen LogP contribution >= 0.6 is 0 Å². The SMILES string of the molecule is COC(=O)C(C)NC(=O)Cc1ccccc1-c1c(C)cccc1C. The van der Waals surface area contributed by atoms with Gasteiger partial charge in [0.15, 0.2) is 0 Å². The average molecular weight is 325 g/mol. The number of aryl methyl sites for hydroxylation is 2. The van der Waals surface area contributed by atoms with Crippen LogP contribution in [0.15, 0.2) is 42.5 Å². The van der Waals surface area contributed by atoms with Crippen LogP contribution < -0.4 is 5.32 Å². The van der Waals surface area contributed by atoms with Gasteiger partial charge in [0.2, 0.25) is 5.91 Å². The highest BCUT2D eigenvalue weighted by molar-refractivity contribution is 5.87. The summed E-state index contributed by atoms with van der Waals surface area (Å²) in [6, 6.07) is 13.4. The lowest BCUT2D eigenvalue weighted by Crippen LogP contribution is -2.39. The fraction of sp³-hybridized carbons (Fsp3) is 0.300. The third kappa shape index (κ3) is 4.02. The smallest absolute Gasteiger partial charge is 0.328 e. The Morgan fingerprint density at radius 1 is 1.04 bits per heavy atom. The van der Waals surface area contributed by atoms with E-state index in [0.717, 1.165) is 16.7 Å². The van der Waals surface area contributed by atoms with Crippen LogP contribution in [0.1, 0.15) is 23.6 Å². The maximum absolute atomic E-state index is 12.3. The predicted molar refractivity (Wildman–Crippen MR) is 94.7 cm³/mol. The summed E-state index contributed by atoms with van der Waals surface area (Å²) in [5.41, 5.74) is 5.48. The van der Waals surface area contributed by atoms with Crippen molar-refractivity contribution >= 4 is 11.9 Å². The summed E-state index contributed by atoms with van der Waals surface area (Å²) >= 11 is 0. The molecular formula is C20H23NO3. The number of nitrogens with one attached hydrogen (secondary N) is 1. The minimum atomic E-state index is -0.658. The van der Waals surface area contributed by atoms with Crippen molar-refractivity contribution in [3.63, 3.8) is 0 Å². The Bertz CT molecular complexity index is 732. The molecule has 4 heteroatoms. The summed E-state index contributed by atoms with van der Waals surface area (Å²) in [6.45, 7) is 5.75. The Morgan fingerprint density at radius 3 is 2.29 bits per heavy atom. The maximum atomic E-state index is 12.3. The van der Waals surface area contributed by atoms with Crippen LogP contribution in [0.3, 0.4) is 0 Å². The van der Waals surface area contributed by atoms with Gasteiger partial charge in [0.05, 0.1) is 13.5 Å². The van der Waals surface area contributed by atoms with Gasteiger partial charge in [-0.05, 0) is 48.6 Å². The van der Waals surface area contributed by atoms with Crippen LogP contribution in [0.5, 0.6) is 0 Å². The first kappa shape index (κ1) is 17.7. The minimum absolute atomic E-state index is 0.202. The van der Waals surface area contributed by atoms with E-state index < -0.39 is 12.0 Å². The first-order chi connectivity index (χ1) is 11.4. The van der Waals surface area contributed by atoms with Crippen molar-refractivity contribution in [2.75, 3.05) is 7.11 Å². The van der Waals surface area contributed by atoms with E-state index in [2.05, 4.69) is 36.0 Å². The van der Waals surface area contributed by atoms with Gasteiger partial charge in [0, 0.05) is 0 Å². The average Bonchev–Trinajstić information content (AvgIpc) is 2.55. The van der Waals surface area contributed by atoms with Gasteiger partial charge < -0.3 is 10.1 Å². The number of carbonyl (C=O) groups excluding carboxylic acids is 2. The largest absolute Gasteiger partial charge is 0.467 e. The highest BCUT2D eigenvalue weighted by Gasteiger charge is 2.17. The van der Waals surface area contributed by atoms with Crippen LogP contribution in [0.4, 0.5) is 0 Å². The van der Waals surface area contributed by atoms with Crippen molar-refractivity contribution in [1.29, 1.82) is 0 Å². The lowest BCUT2D eigenvalue weighted by Gasteiger charge is -2.16. The third-order valence-corrected chi connectivity index (χ3v) is 4.05. The van der Waals surface area contributed by atoms with E-state index in [0.29, 0.717) is 0 Å². The molecule has 0 aromatic heterocycles. The van der Waals surface area contributed by atoms with Crippen LogP contribution in [-0.4, -0.2) is 25.0 Å². The summed E-state index contributed by atoms with van der Waals surface area (Å²) in [5.74, 6) is -0.655. The second kappa shape index (κ2) is 7.77. The molecule has 0 aliphatic rings. The quantitative estimate of drug-likeness (QED) is 0.859. The van der Waals surface area contributed by atoms with Crippen LogP contribution in [-0.2, 0) is 20.7 Å². The second-order valence-corrected chi connectivity index (χ2v) is 5.91. The zero-order valence-corrected chi connectivity index (χ0v) is 14.6. The Kier molecular flexibility index (Phi) is 5.74. The Labute approximate surface area is 142 Å². The molecule has 0 spiro atoms. The topological polar surface area (TPSA) is 55.4 Å². The van der Waals surface area contributed by atoms with E-state index in [1.54, 1.807) is 6.92 Å². The van der Waals surface area contributed by atoms with E-state index in [1.807, 2.05) is 30.3 Å². The van der Waals surface area contributed by atoms with Crippen molar-refractivity contribution in [3.05, 3.63) is 59.2 Å². The van der Waals surface area contributed by atoms with Gasteiger partial charge in [-0.15, -0.1) is 0 Å². The number of benzene rings is 2. The summed E-state index contributed by atoms with van der Waals surface area (Å²) in [4.78, 5) is 23.7. The predicted octanol–water partition coefficient (Wildman–Crippen LogP) is 3.19. The number of hydrogen-bond donors (Lipinski definition) is 1. The lowest BCUT2D eigenvalue weighted by molar-refractivity contribution is -0.144. The van der Waals surface area contributed by atoms with Gasteiger partial charge >= 0.3 is 5.97 Å². The number of amides is 1. The molecule has 0 heterocycles. The standard InChI is InChI=1S/C20H23NO3/c1-13-8-7-9-14(2)19(13)17-11-6-5-10-16(17)12-18(22)21-15(3)20(23)24-4/h5-11,15H,12H2,1-4H3,(H,21,22). The van der Waals surface area contributed by atoms with E-state index in [4.69, 9.17) is 0 Å². The minimum Gasteiger partial charge on any atom is -0.467 e. The Balaban J connectivity index is 2.27. The lowest BCUT2D eigenvalue weighted by atomic mass is 9.91. The number of methoxy groups -OCH3 is 1.